The van der Waals surface area contributed by atoms with E-state index in [2.05, 4.69) is 36.3 Å². The molecule has 1 aromatic rings. The van der Waals surface area contributed by atoms with Crippen molar-refractivity contribution in [1.82, 2.24) is 15.5 Å². The van der Waals surface area contributed by atoms with Gasteiger partial charge in [0.05, 0.1) is 33.5 Å². The second kappa shape index (κ2) is 14.2. The van der Waals surface area contributed by atoms with Crippen LogP contribution < -0.4 is 15.4 Å². The molecular weight excluding hydrogens is 380 g/mol. The SMILES string of the molecule is CCNC(=NCC(C(C)C)N1CCOCC1)NCCCOCc1ccc(OC)cc1. The highest BCUT2D eigenvalue weighted by atomic mass is 16.5. The van der Waals surface area contributed by atoms with E-state index in [0.717, 1.165) is 69.6 Å². The maximum absolute atomic E-state index is 5.78. The van der Waals surface area contributed by atoms with Gasteiger partial charge in [-0.05, 0) is 37.0 Å². The molecular formula is C23H40N4O3. The molecule has 1 unspecified atom stereocenters. The van der Waals surface area contributed by atoms with Crippen molar-refractivity contribution in [2.45, 2.75) is 39.8 Å². The van der Waals surface area contributed by atoms with Gasteiger partial charge in [0.15, 0.2) is 5.96 Å². The van der Waals surface area contributed by atoms with E-state index in [1.165, 1.54) is 0 Å². The highest BCUT2D eigenvalue weighted by Gasteiger charge is 2.23. The first-order chi connectivity index (χ1) is 14.6. The Labute approximate surface area is 182 Å². The minimum absolute atomic E-state index is 0.442. The fourth-order valence-electron chi connectivity index (χ4n) is 3.48. The first-order valence-corrected chi connectivity index (χ1v) is 11.2. The van der Waals surface area contributed by atoms with Crippen LogP contribution in [0.5, 0.6) is 5.75 Å². The van der Waals surface area contributed by atoms with E-state index in [1.54, 1.807) is 7.11 Å². The van der Waals surface area contributed by atoms with Crippen molar-refractivity contribution in [3.05, 3.63) is 29.8 Å². The molecule has 0 aromatic heterocycles. The molecule has 0 saturated carbocycles. The summed E-state index contributed by atoms with van der Waals surface area (Å²) in [4.78, 5) is 7.36. The zero-order valence-electron chi connectivity index (χ0n) is 19.2. The normalized spacial score (nSPS) is 16.5. The number of methoxy groups -OCH3 is 1. The molecule has 1 heterocycles. The lowest BCUT2D eigenvalue weighted by Crippen LogP contribution is -2.48. The van der Waals surface area contributed by atoms with Crippen molar-refractivity contribution in [3.8, 4) is 5.75 Å². The summed E-state index contributed by atoms with van der Waals surface area (Å²) in [6.07, 6.45) is 0.928. The number of hydrogen-bond acceptors (Lipinski definition) is 5. The van der Waals surface area contributed by atoms with E-state index >= 15 is 0 Å². The number of nitrogens with one attached hydrogen (secondary N) is 2. The number of ether oxygens (including phenoxy) is 3. The summed E-state index contributed by atoms with van der Waals surface area (Å²) in [5.74, 6) is 2.30. The van der Waals surface area contributed by atoms with Crippen LogP contribution in [0.4, 0.5) is 0 Å². The second-order valence-corrected chi connectivity index (χ2v) is 7.86. The van der Waals surface area contributed by atoms with Gasteiger partial charge in [0.2, 0.25) is 0 Å². The Bertz CT molecular complexity index is 601. The van der Waals surface area contributed by atoms with Gasteiger partial charge >= 0.3 is 0 Å². The summed E-state index contributed by atoms with van der Waals surface area (Å²) < 4.78 is 16.5. The van der Waals surface area contributed by atoms with Crippen molar-refractivity contribution in [2.24, 2.45) is 10.9 Å². The molecule has 2 N–H and O–H groups in total. The Morgan fingerprint density at radius 1 is 1.17 bits per heavy atom. The van der Waals surface area contributed by atoms with Gasteiger partial charge in [0.25, 0.3) is 0 Å². The molecule has 7 nitrogen and oxygen atoms in total. The quantitative estimate of drug-likeness (QED) is 0.308. The Morgan fingerprint density at radius 3 is 2.53 bits per heavy atom. The van der Waals surface area contributed by atoms with E-state index in [9.17, 15) is 0 Å². The van der Waals surface area contributed by atoms with Crippen LogP contribution in [0.1, 0.15) is 32.8 Å². The number of morpholine rings is 1. The van der Waals surface area contributed by atoms with Crippen molar-refractivity contribution >= 4 is 5.96 Å². The molecule has 0 radical (unpaired) electrons. The smallest absolute Gasteiger partial charge is 0.191 e. The minimum atomic E-state index is 0.442. The van der Waals surface area contributed by atoms with Gasteiger partial charge in [-0.2, -0.15) is 0 Å². The third kappa shape index (κ3) is 8.90. The maximum atomic E-state index is 5.78. The number of aliphatic imine (C=N–C) groups is 1. The van der Waals surface area contributed by atoms with Crippen LogP contribution in [0, 0.1) is 5.92 Å². The first-order valence-electron chi connectivity index (χ1n) is 11.2. The van der Waals surface area contributed by atoms with Crippen LogP contribution in [0.25, 0.3) is 0 Å². The molecule has 7 heteroatoms. The minimum Gasteiger partial charge on any atom is -0.497 e. The van der Waals surface area contributed by atoms with E-state index in [0.29, 0.717) is 25.2 Å². The van der Waals surface area contributed by atoms with Crippen LogP contribution in [-0.2, 0) is 16.1 Å². The van der Waals surface area contributed by atoms with Crippen LogP contribution in [0.2, 0.25) is 0 Å². The molecule has 1 aliphatic rings. The monoisotopic (exact) mass is 420 g/mol. The molecule has 1 fully saturated rings. The molecule has 0 amide bonds. The predicted octanol–water partition coefficient (Wildman–Crippen LogP) is 2.51. The van der Waals surface area contributed by atoms with Gasteiger partial charge in [-0.3, -0.25) is 9.89 Å². The summed E-state index contributed by atoms with van der Waals surface area (Å²) in [5.41, 5.74) is 1.15. The molecule has 30 heavy (non-hydrogen) atoms. The van der Waals surface area contributed by atoms with Crippen LogP contribution in [0.15, 0.2) is 29.3 Å². The first kappa shape index (κ1) is 24.4. The van der Waals surface area contributed by atoms with Crippen LogP contribution >= 0.6 is 0 Å². The summed E-state index contributed by atoms with van der Waals surface area (Å²) >= 11 is 0. The molecule has 0 bridgehead atoms. The maximum Gasteiger partial charge on any atom is 0.191 e. The van der Waals surface area contributed by atoms with Gasteiger partial charge in [-0.1, -0.05) is 26.0 Å². The van der Waals surface area contributed by atoms with E-state index in [1.807, 2.05) is 24.3 Å². The lowest BCUT2D eigenvalue weighted by atomic mass is 10.0. The third-order valence-electron chi connectivity index (χ3n) is 5.25. The van der Waals surface area contributed by atoms with Gasteiger partial charge in [-0.25, -0.2) is 0 Å². The summed E-state index contributed by atoms with van der Waals surface area (Å²) in [5, 5.41) is 6.78. The number of rotatable bonds is 12. The van der Waals surface area contributed by atoms with Crippen LogP contribution in [-0.4, -0.2) is 76.6 Å². The van der Waals surface area contributed by atoms with Gasteiger partial charge in [-0.15, -0.1) is 0 Å². The highest BCUT2D eigenvalue weighted by molar-refractivity contribution is 5.79. The number of guanidine groups is 1. The molecule has 2 rings (SSSR count). The summed E-state index contributed by atoms with van der Waals surface area (Å²) in [6.45, 7) is 14.1. The summed E-state index contributed by atoms with van der Waals surface area (Å²) in [6, 6.07) is 8.43. The third-order valence-corrected chi connectivity index (χ3v) is 5.25. The van der Waals surface area contributed by atoms with Gasteiger partial charge in [0, 0.05) is 38.8 Å². The zero-order valence-corrected chi connectivity index (χ0v) is 19.2. The molecule has 1 aromatic carbocycles. The van der Waals surface area contributed by atoms with Crippen molar-refractivity contribution in [2.75, 3.05) is 59.7 Å². The molecule has 1 atom stereocenters. The molecule has 0 spiro atoms. The van der Waals surface area contributed by atoms with E-state index in [4.69, 9.17) is 19.2 Å². The largest absolute Gasteiger partial charge is 0.497 e. The Hall–Kier alpha value is -1.83. The second-order valence-electron chi connectivity index (χ2n) is 7.86. The molecule has 1 aliphatic heterocycles. The van der Waals surface area contributed by atoms with Gasteiger partial charge in [0.1, 0.15) is 5.75 Å². The number of nitrogens with zero attached hydrogens (tertiary/aromatic N) is 2. The number of hydrogen-bond donors (Lipinski definition) is 2. The fraction of sp³-hybridized carbons (Fsp3) is 0.696. The predicted molar refractivity (Wildman–Crippen MR) is 122 cm³/mol. The fourth-order valence-corrected chi connectivity index (χ4v) is 3.48. The Kier molecular flexibility index (Phi) is 11.6. The Balaban J connectivity index is 1.70. The molecule has 0 aliphatic carbocycles. The van der Waals surface area contributed by atoms with E-state index < -0.39 is 0 Å². The van der Waals surface area contributed by atoms with E-state index in [-0.39, 0.29) is 0 Å². The molecule has 1 saturated heterocycles. The topological polar surface area (TPSA) is 67.4 Å². The zero-order chi connectivity index (χ0) is 21.6. The lowest BCUT2D eigenvalue weighted by Gasteiger charge is -2.36. The average Bonchev–Trinajstić information content (AvgIpc) is 2.77. The van der Waals surface area contributed by atoms with Crippen molar-refractivity contribution in [3.63, 3.8) is 0 Å². The Morgan fingerprint density at radius 2 is 1.90 bits per heavy atom. The average molecular weight is 421 g/mol. The van der Waals surface area contributed by atoms with Crippen LogP contribution in [0.3, 0.4) is 0 Å². The molecule has 170 valence electrons. The van der Waals surface area contributed by atoms with Crippen molar-refractivity contribution in [1.29, 1.82) is 0 Å². The summed E-state index contributed by atoms with van der Waals surface area (Å²) in [7, 11) is 1.68. The van der Waals surface area contributed by atoms with Gasteiger partial charge < -0.3 is 24.8 Å². The van der Waals surface area contributed by atoms with Crippen molar-refractivity contribution < 1.29 is 14.2 Å². The lowest BCUT2D eigenvalue weighted by molar-refractivity contribution is 0.00867. The highest BCUT2D eigenvalue weighted by Crippen LogP contribution is 2.14. The standard InChI is InChI=1S/C23H40N4O3/c1-5-24-23(26-17-22(19(2)3)27-12-15-29-16-13-27)25-11-6-14-30-18-20-7-9-21(28-4)10-8-20/h7-10,19,22H,5-6,11-18H2,1-4H3,(H2,24,25,26). The number of benzene rings is 1.